The van der Waals surface area contributed by atoms with Gasteiger partial charge in [0.15, 0.2) is 6.10 Å². The number of benzene rings is 1. The number of hydrogen-bond acceptors (Lipinski definition) is 6. The van der Waals surface area contributed by atoms with Crippen molar-refractivity contribution in [3.05, 3.63) is 33.9 Å². The zero-order valence-corrected chi connectivity index (χ0v) is 13.3. The van der Waals surface area contributed by atoms with Crippen LogP contribution in [0, 0.1) is 17.0 Å². The molecule has 0 aliphatic carbocycles. The average molecular weight is 323 g/mol. The smallest absolute Gasteiger partial charge is 0.340 e. The number of aryl methyl sites for hydroxylation is 1. The van der Waals surface area contributed by atoms with Gasteiger partial charge in [0.2, 0.25) is 0 Å². The molecule has 1 aromatic carbocycles. The Hall–Kier alpha value is -1.99. The van der Waals surface area contributed by atoms with E-state index in [0.29, 0.717) is 12.2 Å². The van der Waals surface area contributed by atoms with Gasteiger partial charge < -0.3 is 14.2 Å². The number of ether oxygens (including phenoxy) is 3. The molecule has 0 bridgehead atoms. The Balaban J connectivity index is 1.85. The van der Waals surface area contributed by atoms with Crippen molar-refractivity contribution in [2.45, 2.75) is 45.3 Å². The van der Waals surface area contributed by atoms with Crippen molar-refractivity contribution >= 4 is 11.7 Å². The van der Waals surface area contributed by atoms with Crippen molar-refractivity contribution in [1.82, 2.24) is 0 Å². The molecule has 1 aromatic rings. The van der Waals surface area contributed by atoms with Crippen LogP contribution in [0.4, 0.5) is 5.69 Å². The van der Waals surface area contributed by atoms with Crippen LogP contribution in [-0.4, -0.2) is 36.3 Å². The number of hydrogen-bond donors (Lipinski definition) is 0. The fourth-order valence-electron chi connectivity index (χ4n) is 2.35. The predicted octanol–water partition coefficient (Wildman–Crippen LogP) is 2.78. The van der Waals surface area contributed by atoms with Crippen LogP contribution in [0.1, 0.15) is 31.7 Å². The van der Waals surface area contributed by atoms with Gasteiger partial charge in [0.1, 0.15) is 5.75 Å². The molecule has 2 unspecified atom stereocenters. The Labute approximate surface area is 134 Å². The zero-order chi connectivity index (χ0) is 16.8. The normalized spacial score (nSPS) is 19.1. The first-order valence-corrected chi connectivity index (χ1v) is 7.67. The highest BCUT2D eigenvalue weighted by Crippen LogP contribution is 2.23. The molecule has 1 aliphatic heterocycles. The van der Waals surface area contributed by atoms with Crippen LogP contribution >= 0.6 is 0 Å². The van der Waals surface area contributed by atoms with Crippen molar-refractivity contribution in [3.8, 4) is 5.75 Å². The highest BCUT2D eigenvalue weighted by Gasteiger charge is 2.21. The van der Waals surface area contributed by atoms with E-state index in [2.05, 4.69) is 0 Å². The Bertz CT molecular complexity index is 568. The molecule has 23 heavy (non-hydrogen) atoms. The van der Waals surface area contributed by atoms with Crippen LogP contribution in [0.3, 0.4) is 0 Å². The number of carbonyl (C=O) groups is 1. The van der Waals surface area contributed by atoms with Gasteiger partial charge in [-0.05, 0) is 45.2 Å². The first kappa shape index (κ1) is 17.4. The summed E-state index contributed by atoms with van der Waals surface area (Å²) in [5.74, 6) is -0.267. The number of nitrogens with zero attached hydrogens (tertiary/aromatic N) is 1. The van der Waals surface area contributed by atoms with E-state index in [0.717, 1.165) is 25.9 Å². The molecule has 1 fully saturated rings. The first-order valence-electron chi connectivity index (χ1n) is 7.67. The lowest BCUT2D eigenvalue weighted by Crippen LogP contribution is -2.31. The summed E-state index contributed by atoms with van der Waals surface area (Å²) in [6.07, 6.45) is 2.41. The Morgan fingerprint density at radius 2 is 2.26 bits per heavy atom. The van der Waals surface area contributed by atoms with Gasteiger partial charge in [0, 0.05) is 18.2 Å². The molecule has 0 saturated carbocycles. The fourth-order valence-corrected chi connectivity index (χ4v) is 2.35. The molecule has 0 N–H and O–H groups in total. The van der Waals surface area contributed by atoms with E-state index < -0.39 is 17.0 Å². The monoisotopic (exact) mass is 323 g/mol. The van der Waals surface area contributed by atoms with Gasteiger partial charge in [0.05, 0.1) is 17.6 Å². The lowest BCUT2D eigenvalue weighted by molar-refractivity contribution is -0.385. The third-order valence-electron chi connectivity index (χ3n) is 3.72. The number of esters is 1. The molecule has 0 radical (unpaired) electrons. The van der Waals surface area contributed by atoms with Crippen LogP contribution < -0.4 is 4.74 Å². The maximum absolute atomic E-state index is 12.0. The van der Waals surface area contributed by atoms with Crippen molar-refractivity contribution in [3.63, 3.8) is 0 Å². The third kappa shape index (κ3) is 5.01. The van der Waals surface area contributed by atoms with Gasteiger partial charge in [-0.1, -0.05) is 0 Å². The topological polar surface area (TPSA) is 87.9 Å². The molecule has 126 valence electrons. The molecule has 0 spiro atoms. The highest BCUT2D eigenvalue weighted by molar-refractivity contribution is 5.77. The van der Waals surface area contributed by atoms with E-state index in [4.69, 9.17) is 14.2 Å². The summed E-state index contributed by atoms with van der Waals surface area (Å²) in [6, 6.07) is 4.19. The van der Waals surface area contributed by atoms with Crippen LogP contribution in [0.5, 0.6) is 5.75 Å². The van der Waals surface area contributed by atoms with Crippen molar-refractivity contribution in [2.24, 2.45) is 0 Å². The van der Waals surface area contributed by atoms with E-state index in [-0.39, 0.29) is 17.5 Å². The van der Waals surface area contributed by atoms with Crippen LogP contribution in [0.15, 0.2) is 18.2 Å². The van der Waals surface area contributed by atoms with Gasteiger partial charge in [0.25, 0.3) is 5.69 Å². The molecule has 0 amide bonds. The third-order valence-corrected chi connectivity index (χ3v) is 3.72. The van der Waals surface area contributed by atoms with Gasteiger partial charge in [-0.2, -0.15) is 0 Å². The molecule has 0 aromatic heterocycles. The fraction of sp³-hybridized carbons (Fsp3) is 0.562. The Morgan fingerprint density at radius 1 is 1.48 bits per heavy atom. The first-order chi connectivity index (χ1) is 11.0. The summed E-state index contributed by atoms with van der Waals surface area (Å²) < 4.78 is 16.2. The zero-order valence-electron chi connectivity index (χ0n) is 13.3. The van der Waals surface area contributed by atoms with Crippen LogP contribution in [0.25, 0.3) is 0 Å². The molecule has 1 saturated heterocycles. The molecule has 2 rings (SSSR count). The van der Waals surface area contributed by atoms with Crippen molar-refractivity contribution in [2.75, 3.05) is 13.2 Å². The van der Waals surface area contributed by atoms with E-state index in [1.54, 1.807) is 13.8 Å². The van der Waals surface area contributed by atoms with E-state index in [9.17, 15) is 14.9 Å². The highest BCUT2D eigenvalue weighted by atomic mass is 16.6. The van der Waals surface area contributed by atoms with Crippen LogP contribution in [0.2, 0.25) is 0 Å². The summed E-state index contributed by atoms with van der Waals surface area (Å²) >= 11 is 0. The summed E-state index contributed by atoms with van der Waals surface area (Å²) in [7, 11) is 0. The van der Waals surface area contributed by atoms with Crippen molar-refractivity contribution in [1.29, 1.82) is 0 Å². The number of rotatable bonds is 6. The van der Waals surface area contributed by atoms with Crippen molar-refractivity contribution < 1.29 is 23.9 Å². The summed E-state index contributed by atoms with van der Waals surface area (Å²) in [5.41, 5.74) is 0.424. The van der Waals surface area contributed by atoms with Crippen LogP contribution in [-0.2, 0) is 14.3 Å². The van der Waals surface area contributed by atoms with E-state index >= 15 is 0 Å². The molecule has 2 atom stereocenters. The standard InChI is InChI=1S/C16H21NO6/c1-11-9-13(6-7-15(11)17(19)20)23-16(18)12(2)22-10-14-5-3-4-8-21-14/h6-7,9,12,14H,3-5,8,10H2,1-2H3. The molecule has 1 aliphatic rings. The SMILES string of the molecule is Cc1cc(OC(=O)C(C)OCC2CCCCO2)ccc1[N+](=O)[O-]. The summed E-state index contributed by atoms with van der Waals surface area (Å²) in [4.78, 5) is 22.3. The van der Waals surface area contributed by atoms with E-state index in [1.165, 1.54) is 18.2 Å². The predicted molar refractivity (Wildman–Crippen MR) is 82.5 cm³/mol. The second kappa shape index (κ2) is 8.03. The molecular formula is C16H21NO6. The lowest BCUT2D eigenvalue weighted by Gasteiger charge is -2.23. The van der Waals surface area contributed by atoms with Gasteiger partial charge in [-0.3, -0.25) is 10.1 Å². The number of nitro benzene ring substituents is 1. The second-order valence-corrected chi connectivity index (χ2v) is 5.59. The second-order valence-electron chi connectivity index (χ2n) is 5.59. The molecular weight excluding hydrogens is 302 g/mol. The minimum Gasteiger partial charge on any atom is -0.425 e. The maximum atomic E-state index is 12.0. The largest absolute Gasteiger partial charge is 0.425 e. The Morgan fingerprint density at radius 3 is 2.87 bits per heavy atom. The quantitative estimate of drug-likeness (QED) is 0.346. The van der Waals surface area contributed by atoms with Gasteiger partial charge in [-0.15, -0.1) is 0 Å². The lowest BCUT2D eigenvalue weighted by atomic mass is 10.1. The number of carbonyl (C=O) groups excluding carboxylic acids is 1. The number of nitro groups is 1. The summed E-state index contributed by atoms with van der Waals surface area (Å²) in [6.45, 7) is 4.30. The molecule has 7 nitrogen and oxygen atoms in total. The minimum absolute atomic E-state index is 0.0106. The van der Waals surface area contributed by atoms with Gasteiger partial charge >= 0.3 is 5.97 Å². The molecule has 7 heteroatoms. The average Bonchev–Trinajstić information content (AvgIpc) is 2.53. The Kier molecular flexibility index (Phi) is 6.06. The van der Waals surface area contributed by atoms with E-state index in [1.807, 2.05) is 0 Å². The molecule has 1 heterocycles. The maximum Gasteiger partial charge on any atom is 0.340 e. The van der Waals surface area contributed by atoms with Gasteiger partial charge in [-0.25, -0.2) is 4.79 Å². The summed E-state index contributed by atoms with van der Waals surface area (Å²) in [5, 5.41) is 10.8. The minimum atomic E-state index is -0.726.